The largest absolute Gasteiger partial charge is 0.400 e. The van der Waals surface area contributed by atoms with E-state index in [1.807, 2.05) is 0 Å². The van der Waals surface area contributed by atoms with Gasteiger partial charge in [-0.1, -0.05) is 57.7 Å². The fraction of sp³-hybridized carbons (Fsp3) is 0.556. The van der Waals surface area contributed by atoms with E-state index < -0.39 is 11.6 Å². The van der Waals surface area contributed by atoms with Crippen molar-refractivity contribution in [3.8, 4) is 0 Å². The zero-order valence-corrected chi connectivity index (χ0v) is 14.1. The average molecular weight is 315 g/mol. The summed E-state index contributed by atoms with van der Waals surface area (Å²) in [5, 5.41) is 0. The normalized spacial score (nSPS) is 22.5. The fourth-order valence-electron chi connectivity index (χ4n) is 2.45. The molecular weight excluding hydrogens is 287 g/mol. The molecule has 0 aromatic heterocycles. The lowest BCUT2D eigenvalue weighted by molar-refractivity contribution is -0.203. The Morgan fingerprint density at radius 1 is 1.32 bits per heavy atom. The maximum Gasteiger partial charge on any atom is 0.400 e. The van der Waals surface area contributed by atoms with Gasteiger partial charge in [0.1, 0.15) is 5.41 Å². The van der Waals surface area contributed by atoms with Crippen LogP contribution in [0.15, 0.2) is 48.7 Å². The Labute approximate surface area is 132 Å². The van der Waals surface area contributed by atoms with Crippen LogP contribution in [0.1, 0.15) is 40.5 Å². The molecule has 126 valence electrons. The first-order chi connectivity index (χ1) is 10.2. The van der Waals surface area contributed by atoms with Crippen LogP contribution in [0.4, 0.5) is 13.2 Å². The first kappa shape index (κ1) is 20.6. The molecule has 1 heterocycles. The van der Waals surface area contributed by atoms with E-state index >= 15 is 0 Å². The quantitative estimate of drug-likeness (QED) is 0.586. The Bertz CT molecular complexity index is 432. The molecular formula is C18H28F3N. The predicted molar refractivity (Wildman–Crippen MR) is 88.6 cm³/mol. The highest BCUT2D eigenvalue weighted by Gasteiger charge is 2.59. The van der Waals surface area contributed by atoms with Gasteiger partial charge in [-0.15, -0.1) is 0 Å². The highest BCUT2D eigenvalue weighted by molar-refractivity contribution is 5.34. The molecule has 0 amide bonds. The Morgan fingerprint density at radius 3 is 2.18 bits per heavy atom. The van der Waals surface area contributed by atoms with Crippen molar-refractivity contribution in [2.75, 3.05) is 13.1 Å². The van der Waals surface area contributed by atoms with Gasteiger partial charge in [0.2, 0.25) is 0 Å². The van der Waals surface area contributed by atoms with Crippen molar-refractivity contribution in [2.45, 2.75) is 46.7 Å². The van der Waals surface area contributed by atoms with Crippen LogP contribution < -0.4 is 0 Å². The molecule has 4 heteroatoms. The molecule has 0 aliphatic carbocycles. The highest BCUT2D eigenvalue weighted by atomic mass is 19.4. The van der Waals surface area contributed by atoms with Crippen LogP contribution in [0.5, 0.6) is 0 Å². The molecule has 22 heavy (non-hydrogen) atoms. The summed E-state index contributed by atoms with van der Waals surface area (Å²) in [5.41, 5.74) is -0.891. The van der Waals surface area contributed by atoms with Gasteiger partial charge in [-0.05, 0) is 25.8 Å². The third-order valence-electron chi connectivity index (χ3n) is 3.55. The lowest BCUT2D eigenvalue weighted by Gasteiger charge is -2.33. The van der Waals surface area contributed by atoms with Gasteiger partial charge in [0, 0.05) is 18.8 Å². The fourth-order valence-corrected chi connectivity index (χ4v) is 2.45. The smallest absolute Gasteiger partial charge is 0.374 e. The third-order valence-corrected chi connectivity index (χ3v) is 3.55. The van der Waals surface area contributed by atoms with Gasteiger partial charge in [-0.3, -0.25) is 0 Å². The number of nitrogens with zero attached hydrogens (tertiary/aromatic N) is 1. The molecule has 1 unspecified atom stereocenters. The summed E-state index contributed by atoms with van der Waals surface area (Å²) >= 11 is 0. The van der Waals surface area contributed by atoms with Crippen molar-refractivity contribution in [3.05, 3.63) is 48.7 Å². The first-order valence-corrected chi connectivity index (χ1v) is 7.63. The second kappa shape index (κ2) is 8.86. The van der Waals surface area contributed by atoms with E-state index in [1.54, 1.807) is 24.8 Å². The summed E-state index contributed by atoms with van der Waals surface area (Å²) in [7, 11) is 0. The molecule has 0 aromatic carbocycles. The van der Waals surface area contributed by atoms with Gasteiger partial charge in [-0.25, -0.2) is 0 Å². The number of rotatable bonds is 4. The van der Waals surface area contributed by atoms with Gasteiger partial charge in [0.15, 0.2) is 0 Å². The Hall–Kier alpha value is -1.45. The van der Waals surface area contributed by atoms with Crippen LogP contribution in [0.2, 0.25) is 0 Å². The van der Waals surface area contributed by atoms with Crippen LogP contribution in [-0.4, -0.2) is 24.2 Å². The van der Waals surface area contributed by atoms with Crippen LogP contribution in [-0.2, 0) is 0 Å². The van der Waals surface area contributed by atoms with Gasteiger partial charge in [-0.2, -0.15) is 13.2 Å². The minimum Gasteiger partial charge on any atom is -0.374 e. The van der Waals surface area contributed by atoms with Gasteiger partial charge in [0.05, 0.1) is 0 Å². The summed E-state index contributed by atoms with van der Waals surface area (Å²) in [6, 6.07) is 0. The molecule has 1 aliphatic heterocycles. The topological polar surface area (TPSA) is 3.24 Å². The number of likely N-dealkylation sites (tertiary alicyclic amines) is 1. The summed E-state index contributed by atoms with van der Waals surface area (Å²) < 4.78 is 40.8. The lowest BCUT2D eigenvalue weighted by Crippen LogP contribution is -2.41. The number of allylic oxidation sites excluding steroid dienone is 5. The number of hydrogen-bond donors (Lipinski definition) is 0. The molecule has 1 nitrogen and oxygen atoms in total. The number of halogens is 3. The molecule has 1 fully saturated rings. The van der Waals surface area contributed by atoms with E-state index in [0.29, 0.717) is 12.2 Å². The zero-order chi connectivity index (χ0) is 17.4. The molecule has 0 spiro atoms. The van der Waals surface area contributed by atoms with Crippen LogP contribution in [0.3, 0.4) is 0 Å². The molecule has 1 rings (SSSR count). The molecule has 0 aromatic rings. The minimum absolute atomic E-state index is 0.0490. The van der Waals surface area contributed by atoms with Gasteiger partial charge < -0.3 is 4.90 Å². The Balaban J connectivity index is 0.00000135. The van der Waals surface area contributed by atoms with Crippen LogP contribution >= 0.6 is 0 Å². The van der Waals surface area contributed by atoms with Crippen molar-refractivity contribution < 1.29 is 13.2 Å². The Morgan fingerprint density at radius 2 is 1.86 bits per heavy atom. The van der Waals surface area contributed by atoms with Crippen molar-refractivity contribution in [2.24, 2.45) is 5.41 Å². The van der Waals surface area contributed by atoms with E-state index in [2.05, 4.69) is 27.0 Å². The molecule has 1 atom stereocenters. The van der Waals surface area contributed by atoms with E-state index in [0.717, 1.165) is 0 Å². The monoisotopic (exact) mass is 315 g/mol. The summed E-state index contributed by atoms with van der Waals surface area (Å²) in [6.45, 7) is 15.3. The van der Waals surface area contributed by atoms with Crippen LogP contribution in [0, 0.1) is 5.41 Å². The highest BCUT2D eigenvalue weighted by Crippen LogP contribution is 2.51. The zero-order valence-electron chi connectivity index (χ0n) is 14.1. The van der Waals surface area contributed by atoms with Crippen molar-refractivity contribution in [3.63, 3.8) is 0 Å². The molecule has 0 radical (unpaired) electrons. The van der Waals surface area contributed by atoms with Crippen molar-refractivity contribution in [1.82, 2.24) is 4.90 Å². The van der Waals surface area contributed by atoms with Crippen LogP contribution in [0.25, 0.3) is 0 Å². The maximum absolute atomic E-state index is 13.6. The van der Waals surface area contributed by atoms with Gasteiger partial charge >= 0.3 is 6.18 Å². The maximum atomic E-state index is 13.6. The molecule has 0 N–H and O–H groups in total. The lowest BCUT2D eigenvalue weighted by atomic mass is 9.77. The molecule has 0 bridgehead atoms. The second-order valence-electron chi connectivity index (χ2n) is 5.55. The average Bonchev–Trinajstić information content (AvgIpc) is 2.85. The first-order valence-electron chi connectivity index (χ1n) is 7.63. The van der Waals surface area contributed by atoms with Crippen molar-refractivity contribution in [1.29, 1.82) is 0 Å². The third kappa shape index (κ3) is 4.79. The summed E-state index contributed by atoms with van der Waals surface area (Å²) in [5.74, 6) is 0. The predicted octanol–water partition coefficient (Wildman–Crippen LogP) is 5.88. The Kier molecular flexibility index (Phi) is 8.28. The van der Waals surface area contributed by atoms with Crippen molar-refractivity contribution >= 4 is 0 Å². The van der Waals surface area contributed by atoms with E-state index in [4.69, 9.17) is 0 Å². The molecule has 0 saturated carbocycles. The minimum atomic E-state index is -4.29. The summed E-state index contributed by atoms with van der Waals surface area (Å²) in [4.78, 5) is 1.69. The number of hydrogen-bond acceptors (Lipinski definition) is 1. The van der Waals surface area contributed by atoms with E-state index in [-0.39, 0.29) is 18.5 Å². The second-order valence-corrected chi connectivity index (χ2v) is 5.55. The van der Waals surface area contributed by atoms with E-state index in [9.17, 15) is 13.2 Å². The van der Waals surface area contributed by atoms with Gasteiger partial charge in [0.25, 0.3) is 0 Å². The van der Waals surface area contributed by atoms with E-state index in [1.165, 1.54) is 24.6 Å². The SMILES string of the molecule is C=C/C=C(\C=C/C)C1(C(F)(F)F)CCN(C(=C)C)C1.CCC. The number of alkyl halides is 3. The molecule has 1 aliphatic rings. The summed E-state index contributed by atoms with van der Waals surface area (Å²) in [6.07, 6.45) is 3.03. The standard InChI is InChI=1S/C15H20F3N.C3H8/c1-5-7-13(8-6-2)14(15(16,17)18)9-10-19(11-14)12(3)4;1-3-2/h5-8H,1,3,9-11H2,2,4H3;3H2,1-2H3/b8-6-,13-7+;. The molecule has 1 saturated heterocycles.